The molecule has 0 fully saturated rings. The maximum atomic E-state index is 13.5. The quantitative estimate of drug-likeness (QED) is 0.513. The number of nitrogens with zero attached hydrogens (tertiary/aromatic N) is 2. The van der Waals surface area contributed by atoms with Crippen molar-refractivity contribution in [2.45, 2.75) is 32.9 Å². The number of carbonyl (C=O) groups excluding carboxylic acids is 2. The van der Waals surface area contributed by atoms with Crippen LogP contribution in [0, 0.1) is 0 Å². The molecule has 2 aromatic rings. The number of fused-ring (bicyclic) bond motifs is 1. The Labute approximate surface area is 211 Å². The fourth-order valence-corrected chi connectivity index (χ4v) is 4.53. The molecular formula is C24H30ClN3O6S. The topological polar surface area (TPSA) is 105 Å². The van der Waals surface area contributed by atoms with E-state index < -0.39 is 28.5 Å². The first kappa shape index (κ1) is 26.6. The molecule has 1 atom stereocenters. The van der Waals surface area contributed by atoms with Crippen molar-refractivity contribution in [2.75, 3.05) is 36.9 Å². The molecule has 190 valence electrons. The number of hydrogen-bond donors (Lipinski definition) is 1. The van der Waals surface area contributed by atoms with Gasteiger partial charge in [-0.15, -0.1) is 0 Å². The number of carbonyl (C=O) groups is 2. The van der Waals surface area contributed by atoms with Crippen LogP contribution in [0.5, 0.6) is 11.5 Å². The summed E-state index contributed by atoms with van der Waals surface area (Å²) in [6.45, 7) is 4.38. The lowest BCUT2D eigenvalue weighted by atomic mass is 10.1. The Bertz CT molecular complexity index is 1160. The van der Waals surface area contributed by atoms with Gasteiger partial charge in [-0.1, -0.05) is 30.7 Å². The Kier molecular flexibility index (Phi) is 8.85. The van der Waals surface area contributed by atoms with Crippen molar-refractivity contribution < 1.29 is 27.5 Å². The monoisotopic (exact) mass is 523 g/mol. The molecule has 1 heterocycles. The van der Waals surface area contributed by atoms with Gasteiger partial charge in [0.25, 0.3) is 0 Å². The lowest BCUT2D eigenvalue weighted by Crippen LogP contribution is -2.51. The third kappa shape index (κ3) is 7.02. The molecule has 2 aromatic carbocycles. The Morgan fingerprint density at radius 2 is 1.74 bits per heavy atom. The summed E-state index contributed by atoms with van der Waals surface area (Å²) >= 11 is 5.98. The van der Waals surface area contributed by atoms with E-state index in [4.69, 9.17) is 21.1 Å². The van der Waals surface area contributed by atoms with Crippen LogP contribution in [0.2, 0.25) is 5.02 Å². The second-order valence-corrected chi connectivity index (χ2v) is 10.6. The van der Waals surface area contributed by atoms with E-state index in [0.29, 0.717) is 36.3 Å². The molecule has 1 aliphatic rings. The normalized spacial score (nSPS) is 13.6. The Hall–Kier alpha value is -2.98. The average Bonchev–Trinajstić information content (AvgIpc) is 2.83. The number of hydrogen-bond acceptors (Lipinski definition) is 6. The van der Waals surface area contributed by atoms with Crippen LogP contribution in [-0.2, 0) is 26.2 Å². The molecule has 0 bridgehead atoms. The third-order valence-electron chi connectivity index (χ3n) is 5.48. The second-order valence-electron chi connectivity index (χ2n) is 8.21. The minimum absolute atomic E-state index is 0.107. The van der Waals surface area contributed by atoms with Crippen LogP contribution in [0.4, 0.5) is 5.69 Å². The number of rotatable bonds is 10. The van der Waals surface area contributed by atoms with E-state index in [0.717, 1.165) is 22.5 Å². The minimum Gasteiger partial charge on any atom is -0.486 e. The van der Waals surface area contributed by atoms with E-state index in [9.17, 15) is 18.0 Å². The molecule has 2 amide bonds. The smallest absolute Gasteiger partial charge is 0.244 e. The Morgan fingerprint density at radius 3 is 2.37 bits per heavy atom. The standard InChI is InChI=1S/C24H30ClN3O6S/c1-4-11-26-24(30)17(2)27(15-18-5-7-19(25)8-6-18)23(29)16-28(35(3,31)32)20-9-10-21-22(14-20)34-13-12-33-21/h5-10,14,17H,4,11-13,15-16H2,1-3H3,(H,26,30). The molecule has 1 N–H and O–H groups in total. The van der Waals surface area contributed by atoms with Gasteiger partial charge in [0, 0.05) is 24.2 Å². The minimum atomic E-state index is -3.84. The largest absolute Gasteiger partial charge is 0.486 e. The zero-order valence-corrected chi connectivity index (χ0v) is 21.6. The Balaban J connectivity index is 1.90. The molecule has 35 heavy (non-hydrogen) atoms. The molecule has 0 aromatic heterocycles. The van der Waals surface area contributed by atoms with E-state index in [1.165, 1.54) is 11.0 Å². The van der Waals surface area contributed by atoms with Crippen molar-refractivity contribution in [3.63, 3.8) is 0 Å². The molecule has 11 heteroatoms. The number of sulfonamides is 1. The van der Waals surface area contributed by atoms with Gasteiger partial charge >= 0.3 is 0 Å². The number of benzene rings is 2. The molecule has 9 nitrogen and oxygen atoms in total. The molecule has 0 saturated heterocycles. The van der Waals surface area contributed by atoms with Crippen molar-refractivity contribution in [1.29, 1.82) is 0 Å². The van der Waals surface area contributed by atoms with Crippen LogP contribution < -0.4 is 19.1 Å². The van der Waals surface area contributed by atoms with Crippen LogP contribution >= 0.6 is 11.6 Å². The summed E-state index contributed by atoms with van der Waals surface area (Å²) in [5.74, 6) is 0.0596. The first-order chi connectivity index (χ1) is 16.6. The Morgan fingerprint density at radius 1 is 1.09 bits per heavy atom. The summed E-state index contributed by atoms with van der Waals surface area (Å²) in [5, 5.41) is 3.34. The second kappa shape index (κ2) is 11.6. The first-order valence-electron chi connectivity index (χ1n) is 11.3. The number of ether oxygens (including phenoxy) is 2. The third-order valence-corrected chi connectivity index (χ3v) is 6.87. The van der Waals surface area contributed by atoms with Gasteiger partial charge in [0.05, 0.1) is 11.9 Å². The van der Waals surface area contributed by atoms with E-state index >= 15 is 0 Å². The van der Waals surface area contributed by atoms with Gasteiger partial charge in [-0.05, 0) is 43.2 Å². The van der Waals surface area contributed by atoms with E-state index in [-0.39, 0.29) is 18.1 Å². The molecule has 3 rings (SSSR count). The van der Waals surface area contributed by atoms with Crippen LogP contribution in [0.25, 0.3) is 0 Å². The number of anilines is 1. The highest BCUT2D eigenvalue weighted by Gasteiger charge is 2.30. The number of amides is 2. The van der Waals surface area contributed by atoms with E-state index in [1.54, 1.807) is 43.3 Å². The summed E-state index contributed by atoms with van der Waals surface area (Å²) < 4.78 is 37.5. The SMILES string of the molecule is CCCNC(=O)C(C)N(Cc1ccc(Cl)cc1)C(=O)CN(c1ccc2c(c1)OCCO2)S(C)(=O)=O. The zero-order valence-electron chi connectivity index (χ0n) is 20.0. The highest BCUT2D eigenvalue weighted by molar-refractivity contribution is 7.92. The summed E-state index contributed by atoms with van der Waals surface area (Å²) in [7, 11) is -3.84. The maximum Gasteiger partial charge on any atom is 0.244 e. The van der Waals surface area contributed by atoms with Crippen LogP contribution in [0.3, 0.4) is 0 Å². The molecule has 0 spiro atoms. The molecule has 0 radical (unpaired) electrons. The summed E-state index contributed by atoms with van der Waals surface area (Å²) in [6, 6.07) is 10.8. The van der Waals surface area contributed by atoms with Gasteiger partial charge < -0.3 is 19.7 Å². The lowest BCUT2D eigenvalue weighted by Gasteiger charge is -2.31. The van der Waals surface area contributed by atoms with E-state index in [2.05, 4.69) is 5.32 Å². The maximum absolute atomic E-state index is 13.5. The zero-order chi connectivity index (χ0) is 25.6. The molecular weight excluding hydrogens is 494 g/mol. The summed E-state index contributed by atoms with van der Waals surface area (Å²) in [4.78, 5) is 27.6. The van der Waals surface area contributed by atoms with Gasteiger partial charge in [-0.3, -0.25) is 13.9 Å². The average molecular weight is 524 g/mol. The van der Waals surface area contributed by atoms with Gasteiger partial charge in [0.2, 0.25) is 21.8 Å². The van der Waals surface area contributed by atoms with Gasteiger partial charge in [0.15, 0.2) is 11.5 Å². The summed E-state index contributed by atoms with van der Waals surface area (Å²) in [5.41, 5.74) is 1.02. The van der Waals surface area contributed by atoms with Crippen molar-refractivity contribution in [3.8, 4) is 11.5 Å². The van der Waals surface area contributed by atoms with Crippen molar-refractivity contribution >= 4 is 39.1 Å². The fraction of sp³-hybridized carbons (Fsp3) is 0.417. The van der Waals surface area contributed by atoms with Gasteiger partial charge in [-0.2, -0.15) is 0 Å². The number of halogens is 1. The predicted molar refractivity (Wildman–Crippen MR) is 134 cm³/mol. The van der Waals surface area contributed by atoms with Crippen molar-refractivity contribution in [3.05, 3.63) is 53.1 Å². The molecule has 1 aliphatic heterocycles. The van der Waals surface area contributed by atoms with E-state index in [1.807, 2.05) is 6.92 Å². The molecule has 0 aliphatic carbocycles. The van der Waals surface area contributed by atoms with Crippen LogP contribution in [0.1, 0.15) is 25.8 Å². The number of nitrogens with one attached hydrogen (secondary N) is 1. The lowest BCUT2D eigenvalue weighted by molar-refractivity contribution is -0.139. The fourth-order valence-electron chi connectivity index (χ4n) is 3.57. The van der Waals surface area contributed by atoms with Crippen LogP contribution in [0.15, 0.2) is 42.5 Å². The van der Waals surface area contributed by atoms with Crippen molar-refractivity contribution in [1.82, 2.24) is 10.2 Å². The first-order valence-corrected chi connectivity index (χ1v) is 13.5. The van der Waals surface area contributed by atoms with Crippen LogP contribution in [-0.4, -0.2) is 63.7 Å². The van der Waals surface area contributed by atoms with Gasteiger partial charge in [-0.25, -0.2) is 8.42 Å². The van der Waals surface area contributed by atoms with Gasteiger partial charge in [0.1, 0.15) is 25.8 Å². The highest BCUT2D eigenvalue weighted by atomic mass is 35.5. The highest BCUT2D eigenvalue weighted by Crippen LogP contribution is 2.34. The molecule has 1 unspecified atom stereocenters. The summed E-state index contributed by atoms with van der Waals surface area (Å²) in [6.07, 6.45) is 1.77. The molecule has 0 saturated carbocycles. The van der Waals surface area contributed by atoms with Crippen molar-refractivity contribution in [2.24, 2.45) is 0 Å². The predicted octanol–water partition coefficient (Wildman–Crippen LogP) is 2.82.